The van der Waals surface area contributed by atoms with Crippen LogP contribution in [0.15, 0.2) is 64.5 Å². The van der Waals surface area contributed by atoms with Crippen molar-refractivity contribution >= 4 is 28.6 Å². The number of carbonyl (C=O) groups excluding carboxylic acids is 1. The molecule has 128 valence electrons. The first-order valence-corrected chi connectivity index (χ1v) is 8.82. The number of rotatable bonds is 5. The lowest BCUT2D eigenvalue weighted by Gasteiger charge is -2.17. The molecule has 25 heavy (non-hydrogen) atoms. The summed E-state index contributed by atoms with van der Waals surface area (Å²) in [5, 5.41) is 0.491. The summed E-state index contributed by atoms with van der Waals surface area (Å²) in [5.41, 5.74) is 1.33. The molecule has 0 aliphatic carbocycles. The van der Waals surface area contributed by atoms with E-state index in [2.05, 4.69) is 4.98 Å². The van der Waals surface area contributed by atoms with Crippen LogP contribution in [0.5, 0.6) is 0 Å². The van der Waals surface area contributed by atoms with Crippen LogP contribution in [0.4, 0.5) is 0 Å². The molecule has 0 amide bonds. The first kappa shape index (κ1) is 17.2. The van der Waals surface area contributed by atoms with Gasteiger partial charge >= 0.3 is 5.97 Å². The summed E-state index contributed by atoms with van der Waals surface area (Å²) in [4.78, 5) is 29.6. The molecule has 1 atom stereocenters. The zero-order valence-corrected chi connectivity index (χ0v) is 14.8. The number of aromatic nitrogens is 2. The molecule has 1 heterocycles. The Morgan fingerprint density at radius 2 is 1.84 bits per heavy atom. The Kier molecular flexibility index (Phi) is 5.19. The number of nitrogens with zero attached hydrogens (tertiary/aromatic N) is 2. The van der Waals surface area contributed by atoms with E-state index in [9.17, 15) is 9.59 Å². The second-order valence-electron chi connectivity index (χ2n) is 5.39. The molecule has 1 aromatic heterocycles. The van der Waals surface area contributed by atoms with Crippen LogP contribution in [0.3, 0.4) is 0 Å². The van der Waals surface area contributed by atoms with E-state index in [0.717, 1.165) is 5.56 Å². The molecule has 0 fully saturated rings. The molecule has 0 saturated heterocycles. The number of thioether (sulfide) groups is 1. The molecular weight excluding hydrogens is 336 g/mol. The fourth-order valence-electron chi connectivity index (χ4n) is 2.61. The number of hydrogen-bond donors (Lipinski definition) is 0. The molecule has 0 N–H and O–H groups in total. The van der Waals surface area contributed by atoms with Crippen LogP contribution in [0.2, 0.25) is 0 Å². The van der Waals surface area contributed by atoms with Crippen molar-refractivity contribution in [1.82, 2.24) is 9.55 Å². The van der Waals surface area contributed by atoms with Gasteiger partial charge in [0.2, 0.25) is 0 Å². The Balaban J connectivity index is 2.11. The summed E-state index contributed by atoms with van der Waals surface area (Å²) in [7, 11) is 1.36. The van der Waals surface area contributed by atoms with Gasteiger partial charge in [0.1, 0.15) is 5.25 Å². The standard InChI is InChI=1S/C19H18N2O3S/c1-3-21-17(22)14-11-7-8-12-15(14)20-19(21)25-16(18(23)24-2)13-9-5-4-6-10-13/h4-12,16H,3H2,1-2H3. The fourth-order valence-corrected chi connectivity index (χ4v) is 3.80. The van der Waals surface area contributed by atoms with Crippen LogP contribution >= 0.6 is 11.8 Å². The highest BCUT2D eigenvalue weighted by Crippen LogP contribution is 2.35. The zero-order valence-electron chi connectivity index (χ0n) is 14.0. The topological polar surface area (TPSA) is 61.2 Å². The van der Waals surface area contributed by atoms with E-state index in [1.807, 2.05) is 49.4 Å². The predicted octanol–water partition coefficient (Wildman–Crippen LogP) is 3.42. The van der Waals surface area contributed by atoms with Gasteiger partial charge in [-0.15, -0.1) is 0 Å². The minimum atomic E-state index is -0.586. The van der Waals surface area contributed by atoms with Crippen molar-refractivity contribution in [3.63, 3.8) is 0 Å². The van der Waals surface area contributed by atoms with E-state index in [-0.39, 0.29) is 11.5 Å². The molecule has 2 aromatic carbocycles. The second-order valence-corrected chi connectivity index (χ2v) is 6.46. The van der Waals surface area contributed by atoms with Gasteiger partial charge in [0.15, 0.2) is 5.16 Å². The third-order valence-corrected chi connectivity index (χ3v) is 5.11. The van der Waals surface area contributed by atoms with Gasteiger partial charge in [-0.05, 0) is 24.6 Å². The van der Waals surface area contributed by atoms with Gasteiger partial charge in [-0.1, -0.05) is 54.2 Å². The van der Waals surface area contributed by atoms with Gasteiger partial charge in [0.25, 0.3) is 5.56 Å². The van der Waals surface area contributed by atoms with E-state index in [0.29, 0.717) is 22.6 Å². The lowest BCUT2D eigenvalue weighted by molar-refractivity contribution is -0.140. The van der Waals surface area contributed by atoms with Crippen molar-refractivity contribution in [3.8, 4) is 0 Å². The minimum absolute atomic E-state index is 0.104. The van der Waals surface area contributed by atoms with Crippen LogP contribution in [-0.4, -0.2) is 22.6 Å². The van der Waals surface area contributed by atoms with Crippen molar-refractivity contribution in [3.05, 3.63) is 70.5 Å². The molecular formula is C19H18N2O3S. The third kappa shape index (κ3) is 3.44. The maximum atomic E-state index is 12.7. The highest BCUT2D eigenvalue weighted by molar-refractivity contribution is 8.00. The minimum Gasteiger partial charge on any atom is -0.468 e. The molecule has 1 unspecified atom stereocenters. The Labute approximate surface area is 149 Å². The molecule has 3 rings (SSSR count). The first-order valence-electron chi connectivity index (χ1n) is 7.94. The van der Waals surface area contributed by atoms with Gasteiger partial charge in [0, 0.05) is 6.54 Å². The lowest BCUT2D eigenvalue weighted by Crippen LogP contribution is -2.23. The Morgan fingerprint density at radius 3 is 2.52 bits per heavy atom. The van der Waals surface area contributed by atoms with Gasteiger partial charge in [-0.2, -0.15) is 0 Å². The summed E-state index contributed by atoms with van der Waals surface area (Å²) in [6.07, 6.45) is 0. The molecule has 0 spiro atoms. The molecule has 0 aliphatic rings. The highest BCUT2D eigenvalue weighted by atomic mass is 32.2. The van der Waals surface area contributed by atoms with Crippen LogP contribution in [0.1, 0.15) is 17.7 Å². The highest BCUT2D eigenvalue weighted by Gasteiger charge is 2.25. The smallest absolute Gasteiger partial charge is 0.323 e. The SMILES string of the molecule is CCn1c(SC(C(=O)OC)c2ccccc2)nc2ccccc2c1=O. The molecule has 0 aliphatic heterocycles. The van der Waals surface area contributed by atoms with Crippen LogP contribution in [0.25, 0.3) is 10.9 Å². The van der Waals surface area contributed by atoms with Crippen molar-refractivity contribution in [2.75, 3.05) is 7.11 Å². The molecule has 0 radical (unpaired) electrons. The normalized spacial score (nSPS) is 12.1. The van der Waals surface area contributed by atoms with Crippen molar-refractivity contribution in [2.45, 2.75) is 23.9 Å². The average molecular weight is 354 g/mol. The molecule has 0 saturated carbocycles. The Bertz CT molecular complexity index is 954. The number of carbonyl (C=O) groups is 1. The summed E-state index contributed by atoms with van der Waals surface area (Å²) in [6, 6.07) is 16.6. The van der Waals surface area contributed by atoms with Gasteiger partial charge in [-0.25, -0.2) is 4.98 Å². The van der Waals surface area contributed by atoms with Gasteiger partial charge in [-0.3, -0.25) is 14.2 Å². The molecule has 0 bridgehead atoms. The summed E-state index contributed by atoms with van der Waals surface area (Å²) >= 11 is 1.23. The maximum Gasteiger partial charge on any atom is 0.323 e. The number of para-hydroxylation sites is 1. The van der Waals surface area contributed by atoms with Crippen LogP contribution in [-0.2, 0) is 16.1 Å². The Morgan fingerprint density at radius 1 is 1.16 bits per heavy atom. The second kappa shape index (κ2) is 7.53. The number of methoxy groups -OCH3 is 1. The van der Waals surface area contributed by atoms with Crippen molar-refractivity contribution in [1.29, 1.82) is 0 Å². The zero-order chi connectivity index (χ0) is 17.8. The van der Waals surface area contributed by atoms with Gasteiger partial charge in [0.05, 0.1) is 18.0 Å². The van der Waals surface area contributed by atoms with Crippen molar-refractivity contribution < 1.29 is 9.53 Å². The van der Waals surface area contributed by atoms with Crippen LogP contribution in [0, 0.1) is 0 Å². The van der Waals surface area contributed by atoms with E-state index < -0.39 is 5.25 Å². The van der Waals surface area contributed by atoms with E-state index >= 15 is 0 Å². The van der Waals surface area contributed by atoms with Gasteiger partial charge < -0.3 is 4.74 Å². The maximum absolute atomic E-state index is 12.7. The monoisotopic (exact) mass is 354 g/mol. The number of benzene rings is 2. The quantitative estimate of drug-likeness (QED) is 0.399. The van der Waals surface area contributed by atoms with E-state index in [1.54, 1.807) is 16.7 Å². The summed E-state index contributed by atoms with van der Waals surface area (Å²) < 4.78 is 6.54. The third-order valence-electron chi connectivity index (χ3n) is 3.88. The van der Waals surface area contributed by atoms with Crippen molar-refractivity contribution in [2.24, 2.45) is 0 Å². The van der Waals surface area contributed by atoms with Crippen LogP contribution < -0.4 is 5.56 Å². The first-order chi connectivity index (χ1) is 12.2. The Hall–Kier alpha value is -2.60. The average Bonchev–Trinajstić information content (AvgIpc) is 2.66. The summed E-state index contributed by atoms with van der Waals surface area (Å²) in [6.45, 7) is 2.36. The van der Waals surface area contributed by atoms with E-state index in [1.165, 1.54) is 18.9 Å². The summed E-state index contributed by atoms with van der Waals surface area (Å²) in [5.74, 6) is -0.374. The fraction of sp³-hybridized carbons (Fsp3) is 0.211. The predicted molar refractivity (Wildman–Crippen MR) is 98.7 cm³/mol. The number of esters is 1. The van der Waals surface area contributed by atoms with E-state index in [4.69, 9.17) is 4.74 Å². The molecule has 6 heteroatoms. The lowest BCUT2D eigenvalue weighted by atomic mass is 10.1. The molecule has 3 aromatic rings. The number of ether oxygens (including phenoxy) is 1. The largest absolute Gasteiger partial charge is 0.468 e. The number of fused-ring (bicyclic) bond motifs is 1. The number of hydrogen-bond acceptors (Lipinski definition) is 5. The molecule has 5 nitrogen and oxygen atoms in total.